The van der Waals surface area contributed by atoms with E-state index < -0.39 is 16.1 Å². The zero-order valence-electron chi connectivity index (χ0n) is 22.0. The summed E-state index contributed by atoms with van der Waals surface area (Å²) >= 11 is 6.22. The minimum absolute atomic E-state index is 0.0493. The standard InChI is InChI=1S/C27H38ClN3O4S/c1-7-24(27(33)29-19(2)3)30(18-22-12-8-11-20(4)17-22)26(32)15-10-16-31(36(6,34)35)25-14-9-13-23(28)21(25)5/h8-9,11-14,17,19,24H,7,10,15-16,18H2,1-6H3,(H,29,33)/t24-/m1/s1. The highest BCUT2D eigenvalue weighted by Crippen LogP contribution is 2.28. The Balaban J connectivity index is 2.25. The molecule has 0 saturated carbocycles. The van der Waals surface area contributed by atoms with E-state index in [1.165, 1.54) is 4.31 Å². The maximum Gasteiger partial charge on any atom is 0.243 e. The van der Waals surface area contributed by atoms with Crippen LogP contribution in [0, 0.1) is 13.8 Å². The number of hydrogen-bond acceptors (Lipinski definition) is 4. The summed E-state index contributed by atoms with van der Waals surface area (Å²) in [5, 5.41) is 3.40. The maximum atomic E-state index is 13.5. The monoisotopic (exact) mass is 535 g/mol. The molecule has 0 heterocycles. The van der Waals surface area contributed by atoms with Crippen LogP contribution in [-0.2, 0) is 26.2 Å². The van der Waals surface area contributed by atoms with E-state index in [1.54, 1.807) is 30.0 Å². The third kappa shape index (κ3) is 8.23. The van der Waals surface area contributed by atoms with E-state index in [-0.39, 0.29) is 30.8 Å². The number of sulfonamides is 1. The molecule has 0 aromatic heterocycles. The van der Waals surface area contributed by atoms with E-state index >= 15 is 0 Å². The van der Waals surface area contributed by atoms with Crippen molar-refractivity contribution in [1.29, 1.82) is 0 Å². The number of amides is 2. The Kier molecular flexibility index (Phi) is 10.8. The van der Waals surface area contributed by atoms with Gasteiger partial charge >= 0.3 is 0 Å². The molecule has 0 bridgehead atoms. The number of hydrogen-bond donors (Lipinski definition) is 1. The van der Waals surface area contributed by atoms with E-state index in [0.717, 1.165) is 17.4 Å². The van der Waals surface area contributed by atoms with Gasteiger partial charge in [0.1, 0.15) is 6.04 Å². The molecule has 7 nitrogen and oxygen atoms in total. The molecule has 2 amide bonds. The van der Waals surface area contributed by atoms with Crippen molar-refractivity contribution in [3.63, 3.8) is 0 Å². The molecular formula is C27H38ClN3O4S. The second kappa shape index (κ2) is 13.1. The number of carbonyl (C=O) groups is 2. The molecule has 0 saturated heterocycles. The number of benzene rings is 2. The van der Waals surface area contributed by atoms with Crippen molar-refractivity contribution in [3.8, 4) is 0 Å². The van der Waals surface area contributed by atoms with Crippen molar-refractivity contribution in [2.24, 2.45) is 0 Å². The highest BCUT2D eigenvalue weighted by Gasteiger charge is 2.29. The Bertz CT molecular complexity index is 1170. The summed E-state index contributed by atoms with van der Waals surface area (Å²) < 4.78 is 26.4. The lowest BCUT2D eigenvalue weighted by Gasteiger charge is -2.32. The number of aryl methyl sites for hydroxylation is 1. The van der Waals surface area contributed by atoms with Crippen LogP contribution in [0.2, 0.25) is 5.02 Å². The Morgan fingerprint density at radius 2 is 1.75 bits per heavy atom. The molecule has 9 heteroatoms. The number of carbonyl (C=O) groups excluding carboxylic acids is 2. The van der Waals surface area contributed by atoms with E-state index in [1.807, 2.05) is 52.0 Å². The quantitative estimate of drug-likeness (QED) is 0.421. The van der Waals surface area contributed by atoms with Crippen LogP contribution in [0.15, 0.2) is 42.5 Å². The summed E-state index contributed by atoms with van der Waals surface area (Å²) in [5.41, 5.74) is 3.16. The first kappa shape index (κ1) is 29.6. The molecule has 2 rings (SSSR count). The first-order valence-electron chi connectivity index (χ1n) is 12.2. The highest BCUT2D eigenvalue weighted by molar-refractivity contribution is 7.92. The fourth-order valence-corrected chi connectivity index (χ4v) is 5.34. The Hall–Kier alpha value is -2.58. The number of anilines is 1. The zero-order valence-corrected chi connectivity index (χ0v) is 23.6. The molecule has 1 atom stereocenters. The van der Waals surface area contributed by atoms with Gasteiger partial charge in [0.05, 0.1) is 11.9 Å². The number of nitrogens with one attached hydrogen (secondary N) is 1. The minimum atomic E-state index is -3.59. The summed E-state index contributed by atoms with van der Waals surface area (Å²) in [7, 11) is -3.59. The fourth-order valence-electron chi connectivity index (χ4n) is 4.16. The number of nitrogens with zero attached hydrogens (tertiary/aromatic N) is 2. The number of halogens is 1. The van der Waals surface area contributed by atoms with Gasteiger partial charge in [0, 0.05) is 30.6 Å². The molecule has 0 aliphatic carbocycles. The molecule has 198 valence electrons. The Morgan fingerprint density at radius 3 is 2.33 bits per heavy atom. The molecule has 2 aromatic carbocycles. The van der Waals surface area contributed by atoms with E-state index in [4.69, 9.17) is 11.6 Å². The molecule has 0 spiro atoms. The van der Waals surface area contributed by atoms with Crippen LogP contribution in [0.3, 0.4) is 0 Å². The van der Waals surface area contributed by atoms with Crippen LogP contribution in [0.1, 0.15) is 56.7 Å². The molecule has 0 fully saturated rings. The summed E-state index contributed by atoms with van der Waals surface area (Å²) in [6.07, 6.45) is 2.00. The van der Waals surface area contributed by atoms with Gasteiger partial charge in [-0.2, -0.15) is 0 Å². The molecule has 0 radical (unpaired) electrons. The minimum Gasteiger partial charge on any atom is -0.352 e. The molecular weight excluding hydrogens is 498 g/mol. The molecule has 36 heavy (non-hydrogen) atoms. The summed E-state index contributed by atoms with van der Waals surface area (Å²) in [5.74, 6) is -0.389. The first-order chi connectivity index (χ1) is 16.8. The van der Waals surface area contributed by atoms with Crippen molar-refractivity contribution >= 4 is 39.1 Å². The SMILES string of the molecule is CC[C@H](C(=O)NC(C)C)N(Cc1cccc(C)c1)C(=O)CCCN(c1cccc(Cl)c1C)S(C)(=O)=O. The number of rotatable bonds is 12. The lowest BCUT2D eigenvalue weighted by atomic mass is 10.1. The lowest BCUT2D eigenvalue weighted by molar-refractivity contribution is -0.141. The van der Waals surface area contributed by atoms with Crippen LogP contribution in [0.5, 0.6) is 0 Å². The van der Waals surface area contributed by atoms with E-state index in [2.05, 4.69) is 5.32 Å². The van der Waals surface area contributed by atoms with Crippen LogP contribution in [-0.4, -0.2) is 50.0 Å². The van der Waals surface area contributed by atoms with Gasteiger partial charge in [-0.05, 0) is 63.8 Å². The van der Waals surface area contributed by atoms with Gasteiger partial charge in [-0.15, -0.1) is 0 Å². The van der Waals surface area contributed by atoms with Gasteiger partial charge in [0.25, 0.3) is 0 Å². The molecule has 0 aliphatic heterocycles. The average molecular weight is 536 g/mol. The summed E-state index contributed by atoms with van der Waals surface area (Å²) in [6.45, 7) is 9.82. The predicted octanol–water partition coefficient (Wildman–Crippen LogP) is 4.84. The van der Waals surface area contributed by atoms with Gasteiger partial charge < -0.3 is 10.2 Å². The molecule has 0 aliphatic rings. The lowest BCUT2D eigenvalue weighted by Crippen LogP contribution is -2.50. The second-order valence-corrected chi connectivity index (χ2v) is 11.7. The first-order valence-corrected chi connectivity index (χ1v) is 14.5. The van der Waals surface area contributed by atoms with Crippen molar-refractivity contribution in [1.82, 2.24) is 10.2 Å². The largest absolute Gasteiger partial charge is 0.352 e. The summed E-state index contributed by atoms with van der Waals surface area (Å²) in [6, 6.07) is 12.3. The van der Waals surface area contributed by atoms with Gasteiger partial charge in [0.2, 0.25) is 21.8 Å². The third-order valence-corrected chi connectivity index (χ3v) is 7.50. The molecule has 0 unspecified atom stereocenters. The maximum absolute atomic E-state index is 13.5. The van der Waals surface area contributed by atoms with E-state index in [0.29, 0.717) is 35.7 Å². The van der Waals surface area contributed by atoms with Gasteiger partial charge in [-0.3, -0.25) is 13.9 Å². The van der Waals surface area contributed by atoms with Crippen molar-refractivity contribution < 1.29 is 18.0 Å². The Labute approximate surface area is 220 Å². The van der Waals surface area contributed by atoms with Crippen LogP contribution >= 0.6 is 11.6 Å². The van der Waals surface area contributed by atoms with Gasteiger partial charge in [0.15, 0.2) is 0 Å². The smallest absolute Gasteiger partial charge is 0.243 e. The third-order valence-electron chi connectivity index (χ3n) is 5.91. The van der Waals surface area contributed by atoms with Gasteiger partial charge in [-0.25, -0.2) is 8.42 Å². The van der Waals surface area contributed by atoms with Crippen LogP contribution in [0.25, 0.3) is 0 Å². The summed E-state index contributed by atoms with van der Waals surface area (Å²) in [4.78, 5) is 28.0. The van der Waals surface area contributed by atoms with Crippen molar-refractivity contribution in [3.05, 3.63) is 64.2 Å². The second-order valence-electron chi connectivity index (χ2n) is 9.42. The van der Waals surface area contributed by atoms with E-state index in [9.17, 15) is 18.0 Å². The van der Waals surface area contributed by atoms with Crippen LogP contribution in [0.4, 0.5) is 5.69 Å². The normalized spacial score (nSPS) is 12.3. The predicted molar refractivity (Wildman–Crippen MR) is 147 cm³/mol. The van der Waals surface area contributed by atoms with Crippen molar-refractivity contribution in [2.75, 3.05) is 17.1 Å². The zero-order chi connectivity index (χ0) is 27.0. The van der Waals surface area contributed by atoms with Crippen LogP contribution < -0.4 is 9.62 Å². The highest BCUT2D eigenvalue weighted by atomic mass is 35.5. The molecule has 2 aromatic rings. The average Bonchev–Trinajstić information content (AvgIpc) is 2.77. The topological polar surface area (TPSA) is 86.8 Å². The van der Waals surface area contributed by atoms with Crippen molar-refractivity contribution in [2.45, 2.75) is 72.5 Å². The fraction of sp³-hybridized carbons (Fsp3) is 0.481. The Morgan fingerprint density at radius 1 is 1.08 bits per heavy atom. The van der Waals surface area contributed by atoms with Gasteiger partial charge in [-0.1, -0.05) is 54.4 Å². The molecule has 1 N–H and O–H groups in total.